The Labute approximate surface area is 104 Å². The summed E-state index contributed by atoms with van der Waals surface area (Å²) in [6.45, 7) is 4.53. The van der Waals surface area contributed by atoms with Crippen molar-refractivity contribution >= 4 is 0 Å². The standard InChI is InChI=1S/C15H23NO/c1-2-17-12-15(8-5-9-16)10-13-6-3-4-7-14(13)11-15/h3-4,6-7H,2,5,8-12,16H2,1H3. The number of ether oxygens (including phenoxy) is 1. The van der Waals surface area contributed by atoms with Crippen LogP contribution in [0.15, 0.2) is 24.3 Å². The molecule has 0 unspecified atom stereocenters. The maximum atomic E-state index is 5.71. The number of hydrogen-bond acceptors (Lipinski definition) is 2. The number of hydrogen-bond donors (Lipinski definition) is 1. The molecule has 0 aromatic heterocycles. The zero-order valence-electron chi connectivity index (χ0n) is 10.7. The highest BCUT2D eigenvalue weighted by Gasteiger charge is 2.36. The van der Waals surface area contributed by atoms with E-state index in [1.165, 1.54) is 17.5 Å². The van der Waals surface area contributed by atoms with Crippen LogP contribution in [0.25, 0.3) is 0 Å². The second kappa shape index (κ2) is 5.65. The van der Waals surface area contributed by atoms with Crippen molar-refractivity contribution < 1.29 is 4.74 Å². The van der Waals surface area contributed by atoms with Crippen LogP contribution in [0.1, 0.15) is 30.9 Å². The molecule has 0 aliphatic heterocycles. The van der Waals surface area contributed by atoms with Crippen LogP contribution in [0.4, 0.5) is 0 Å². The summed E-state index contributed by atoms with van der Waals surface area (Å²) in [5.74, 6) is 0. The molecular formula is C15H23NO. The van der Waals surface area contributed by atoms with Gasteiger partial charge in [0.1, 0.15) is 0 Å². The Morgan fingerprint density at radius 3 is 2.41 bits per heavy atom. The molecule has 0 radical (unpaired) electrons. The van der Waals surface area contributed by atoms with Gasteiger partial charge in [-0.3, -0.25) is 0 Å². The van der Waals surface area contributed by atoms with Gasteiger partial charge in [0.05, 0.1) is 6.61 Å². The van der Waals surface area contributed by atoms with E-state index in [0.717, 1.165) is 39.0 Å². The van der Waals surface area contributed by atoms with Gasteiger partial charge in [0.15, 0.2) is 0 Å². The van der Waals surface area contributed by atoms with Gasteiger partial charge < -0.3 is 10.5 Å². The lowest BCUT2D eigenvalue weighted by molar-refractivity contribution is 0.0496. The lowest BCUT2D eigenvalue weighted by Crippen LogP contribution is -2.28. The third-order valence-corrected chi connectivity index (χ3v) is 3.77. The van der Waals surface area contributed by atoms with Crippen molar-refractivity contribution in [3.05, 3.63) is 35.4 Å². The minimum atomic E-state index is 0.305. The predicted molar refractivity (Wildman–Crippen MR) is 71.1 cm³/mol. The zero-order chi connectivity index (χ0) is 12.1. The largest absolute Gasteiger partial charge is 0.381 e. The summed E-state index contributed by atoms with van der Waals surface area (Å²) >= 11 is 0. The van der Waals surface area contributed by atoms with Gasteiger partial charge in [-0.2, -0.15) is 0 Å². The molecule has 0 fully saturated rings. The Bertz CT molecular complexity index is 327. The summed E-state index contributed by atoms with van der Waals surface area (Å²) in [7, 11) is 0. The average Bonchev–Trinajstić information content (AvgIpc) is 2.73. The molecule has 2 N–H and O–H groups in total. The fraction of sp³-hybridized carbons (Fsp3) is 0.600. The number of fused-ring (bicyclic) bond motifs is 1. The van der Waals surface area contributed by atoms with Crippen LogP contribution in [0.5, 0.6) is 0 Å². The molecule has 0 heterocycles. The number of rotatable bonds is 6. The van der Waals surface area contributed by atoms with Gasteiger partial charge in [-0.15, -0.1) is 0 Å². The SMILES string of the molecule is CCOCC1(CCCN)Cc2ccccc2C1. The molecule has 2 heteroatoms. The van der Waals surface area contributed by atoms with Gasteiger partial charge in [0, 0.05) is 12.0 Å². The first-order chi connectivity index (χ1) is 8.29. The summed E-state index contributed by atoms with van der Waals surface area (Å²) in [4.78, 5) is 0. The highest BCUT2D eigenvalue weighted by molar-refractivity contribution is 5.34. The van der Waals surface area contributed by atoms with Crippen molar-refractivity contribution in [3.63, 3.8) is 0 Å². The minimum Gasteiger partial charge on any atom is -0.381 e. The highest BCUT2D eigenvalue weighted by atomic mass is 16.5. The van der Waals surface area contributed by atoms with E-state index in [0.29, 0.717) is 5.41 Å². The Morgan fingerprint density at radius 2 is 1.88 bits per heavy atom. The Kier molecular flexibility index (Phi) is 4.19. The molecule has 1 aliphatic carbocycles. The molecule has 1 aromatic rings. The molecule has 0 spiro atoms. The molecule has 94 valence electrons. The van der Waals surface area contributed by atoms with Gasteiger partial charge in [-0.1, -0.05) is 24.3 Å². The first-order valence-electron chi connectivity index (χ1n) is 6.64. The van der Waals surface area contributed by atoms with Crippen LogP contribution in [-0.4, -0.2) is 19.8 Å². The Hall–Kier alpha value is -0.860. The third kappa shape index (κ3) is 2.88. The molecule has 17 heavy (non-hydrogen) atoms. The third-order valence-electron chi connectivity index (χ3n) is 3.77. The van der Waals surface area contributed by atoms with E-state index in [4.69, 9.17) is 10.5 Å². The van der Waals surface area contributed by atoms with Crippen LogP contribution in [0, 0.1) is 5.41 Å². The van der Waals surface area contributed by atoms with Gasteiger partial charge in [-0.05, 0) is 50.3 Å². The summed E-state index contributed by atoms with van der Waals surface area (Å²) in [6, 6.07) is 8.79. The van der Waals surface area contributed by atoms with Crippen LogP contribution < -0.4 is 5.73 Å². The topological polar surface area (TPSA) is 35.2 Å². The average molecular weight is 233 g/mol. The molecule has 1 aliphatic rings. The molecule has 0 atom stereocenters. The maximum Gasteiger partial charge on any atom is 0.0528 e. The van der Waals surface area contributed by atoms with E-state index in [-0.39, 0.29) is 0 Å². The number of benzene rings is 1. The van der Waals surface area contributed by atoms with E-state index in [2.05, 4.69) is 31.2 Å². The van der Waals surface area contributed by atoms with Crippen LogP contribution in [0.2, 0.25) is 0 Å². The summed E-state index contributed by atoms with van der Waals surface area (Å²) in [5.41, 5.74) is 8.97. The van der Waals surface area contributed by atoms with E-state index in [1.807, 2.05) is 0 Å². The molecule has 0 saturated heterocycles. The second-order valence-electron chi connectivity index (χ2n) is 5.15. The highest BCUT2D eigenvalue weighted by Crippen LogP contribution is 2.40. The van der Waals surface area contributed by atoms with Gasteiger partial charge >= 0.3 is 0 Å². The summed E-state index contributed by atoms with van der Waals surface area (Å²) < 4.78 is 5.71. The van der Waals surface area contributed by atoms with Crippen molar-refractivity contribution in [2.75, 3.05) is 19.8 Å². The number of nitrogens with two attached hydrogens (primary N) is 1. The summed E-state index contributed by atoms with van der Waals surface area (Å²) in [6.07, 6.45) is 4.59. The van der Waals surface area contributed by atoms with Crippen LogP contribution in [0.3, 0.4) is 0 Å². The lowest BCUT2D eigenvalue weighted by atomic mass is 9.81. The fourth-order valence-electron chi connectivity index (χ4n) is 2.92. The molecular weight excluding hydrogens is 210 g/mol. The summed E-state index contributed by atoms with van der Waals surface area (Å²) in [5, 5.41) is 0. The molecule has 2 nitrogen and oxygen atoms in total. The van der Waals surface area contributed by atoms with Crippen LogP contribution in [-0.2, 0) is 17.6 Å². The monoisotopic (exact) mass is 233 g/mol. The van der Waals surface area contributed by atoms with Gasteiger partial charge in [-0.25, -0.2) is 0 Å². The van der Waals surface area contributed by atoms with E-state index in [9.17, 15) is 0 Å². The van der Waals surface area contributed by atoms with Crippen molar-refractivity contribution in [3.8, 4) is 0 Å². The smallest absolute Gasteiger partial charge is 0.0528 e. The van der Waals surface area contributed by atoms with E-state index in [1.54, 1.807) is 0 Å². The van der Waals surface area contributed by atoms with Gasteiger partial charge in [0.25, 0.3) is 0 Å². The molecule has 0 amide bonds. The maximum absolute atomic E-state index is 5.71. The minimum absolute atomic E-state index is 0.305. The van der Waals surface area contributed by atoms with Gasteiger partial charge in [0.2, 0.25) is 0 Å². The normalized spacial score (nSPS) is 17.1. The molecule has 0 saturated carbocycles. The molecule has 0 bridgehead atoms. The Balaban J connectivity index is 2.09. The first-order valence-corrected chi connectivity index (χ1v) is 6.64. The van der Waals surface area contributed by atoms with Crippen LogP contribution >= 0.6 is 0 Å². The fourth-order valence-corrected chi connectivity index (χ4v) is 2.92. The predicted octanol–water partition coefficient (Wildman–Crippen LogP) is 2.55. The zero-order valence-corrected chi connectivity index (χ0v) is 10.7. The van der Waals surface area contributed by atoms with E-state index < -0.39 is 0 Å². The van der Waals surface area contributed by atoms with Crippen molar-refractivity contribution in [1.29, 1.82) is 0 Å². The Morgan fingerprint density at radius 1 is 1.24 bits per heavy atom. The quantitative estimate of drug-likeness (QED) is 0.819. The van der Waals surface area contributed by atoms with Crippen molar-refractivity contribution in [2.24, 2.45) is 11.1 Å². The van der Waals surface area contributed by atoms with E-state index >= 15 is 0 Å². The molecule has 1 aromatic carbocycles. The first kappa shape index (κ1) is 12.6. The van der Waals surface area contributed by atoms with Crippen molar-refractivity contribution in [1.82, 2.24) is 0 Å². The molecule has 2 rings (SSSR count). The lowest BCUT2D eigenvalue weighted by Gasteiger charge is -2.28. The second-order valence-corrected chi connectivity index (χ2v) is 5.15. The van der Waals surface area contributed by atoms with Crippen molar-refractivity contribution in [2.45, 2.75) is 32.6 Å².